The fourth-order valence-electron chi connectivity index (χ4n) is 1.64. The van der Waals surface area contributed by atoms with E-state index in [-0.39, 0.29) is 11.3 Å². The monoisotopic (exact) mass is 222 g/mol. The van der Waals surface area contributed by atoms with Crippen molar-refractivity contribution < 1.29 is 4.79 Å². The molecule has 1 aromatic rings. The summed E-state index contributed by atoms with van der Waals surface area (Å²) in [4.78, 5) is 25.5. The average molecular weight is 223 g/mol. The van der Waals surface area contributed by atoms with Crippen LogP contribution in [-0.2, 0) is 6.42 Å². The van der Waals surface area contributed by atoms with Crippen LogP contribution >= 0.6 is 11.6 Å². The first-order valence-electron chi connectivity index (χ1n) is 4.48. The number of fused-ring (bicyclic) bond motifs is 1. The molecule has 0 spiro atoms. The van der Waals surface area contributed by atoms with Gasteiger partial charge >= 0.3 is 0 Å². The SMILES string of the molecule is N#Cc1cc2c([nH]c1=O)CCC(Cl)C2=O. The molecule has 15 heavy (non-hydrogen) atoms. The molecule has 5 heteroatoms. The van der Waals surface area contributed by atoms with Gasteiger partial charge in [-0.05, 0) is 18.9 Å². The first-order valence-corrected chi connectivity index (χ1v) is 4.91. The van der Waals surface area contributed by atoms with Gasteiger partial charge in [0.1, 0.15) is 11.6 Å². The predicted octanol–water partition coefficient (Wildman–Crippen LogP) is 0.983. The minimum Gasteiger partial charge on any atom is -0.324 e. The molecular weight excluding hydrogens is 216 g/mol. The zero-order valence-electron chi connectivity index (χ0n) is 7.71. The first-order chi connectivity index (χ1) is 7.13. The van der Waals surface area contributed by atoms with Crippen molar-refractivity contribution in [2.24, 2.45) is 0 Å². The molecule has 1 N–H and O–H groups in total. The highest BCUT2D eigenvalue weighted by Gasteiger charge is 2.26. The van der Waals surface area contributed by atoms with E-state index in [1.807, 2.05) is 0 Å². The summed E-state index contributed by atoms with van der Waals surface area (Å²) in [5, 5.41) is 8.11. The number of halogens is 1. The number of ketones is 1. The zero-order chi connectivity index (χ0) is 11.0. The average Bonchev–Trinajstić information content (AvgIpc) is 2.23. The van der Waals surface area contributed by atoms with E-state index in [4.69, 9.17) is 16.9 Å². The number of hydrogen-bond donors (Lipinski definition) is 1. The molecule has 0 radical (unpaired) electrons. The van der Waals surface area contributed by atoms with Gasteiger partial charge in [-0.25, -0.2) is 0 Å². The molecule has 0 aromatic carbocycles. The van der Waals surface area contributed by atoms with Gasteiger partial charge in [0.15, 0.2) is 5.78 Å². The second-order valence-electron chi connectivity index (χ2n) is 3.39. The third kappa shape index (κ3) is 1.55. The Morgan fingerprint density at radius 1 is 1.53 bits per heavy atom. The van der Waals surface area contributed by atoms with E-state index in [2.05, 4.69) is 4.98 Å². The van der Waals surface area contributed by atoms with Crippen LogP contribution in [0.1, 0.15) is 28.0 Å². The van der Waals surface area contributed by atoms with Gasteiger partial charge < -0.3 is 4.98 Å². The molecule has 4 nitrogen and oxygen atoms in total. The number of rotatable bonds is 0. The van der Waals surface area contributed by atoms with Crippen molar-refractivity contribution in [1.29, 1.82) is 5.26 Å². The largest absolute Gasteiger partial charge is 0.324 e. The van der Waals surface area contributed by atoms with Crippen LogP contribution in [0.5, 0.6) is 0 Å². The Hall–Kier alpha value is -1.60. The molecule has 76 valence electrons. The maximum Gasteiger partial charge on any atom is 0.266 e. The summed E-state index contributed by atoms with van der Waals surface area (Å²) >= 11 is 5.81. The molecule has 0 fully saturated rings. The van der Waals surface area contributed by atoms with Gasteiger partial charge in [0.05, 0.1) is 5.38 Å². The fraction of sp³-hybridized carbons (Fsp3) is 0.300. The van der Waals surface area contributed by atoms with Crippen LogP contribution in [0.4, 0.5) is 0 Å². The Labute approximate surface area is 90.5 Å². The Kier molecular flexibility index (Phi) is 2.33. The lowest BCUT2D eigenvalue weighted by Crippen LogP contribution is -2.27. The number of aromatic nitrogens is 1. The van der Waals surface area contributed by atoms with Crippen molar-refractivity contribution in [2.75, 3.05) is 0 Å². The quantitative estimate of drug-likeness (QED) is 0.665. The number of Topliss-reactive ketones (excluding diaryl/α,β-unsaturated/α-hetero) is 1. The van der Waals surface area contributed by atoms with Crippen LogP contribution in [0.3, 0.4) is 0 Å². The number of aryl methyl sites for hydroxylation is 1. The van der Waals surface area contributed by atoms with E-state index >= 15 is 0 Å². The van der Waals surface area contributed by atoms with E-state index in [0.29, 0.717) is 24.1 Å². The Morgan fingerprint density at radius 2 is 2.27 bits per heavy atom. The summed E-state index contributed by atoms with van der Waals surface area (Å²) in [6.45, 7) is 0. The molecule has 0 saturated heterocycles. The highest BCUT2D eigenvalue weighted by Crippen LogP contribution is 2.22. The predicted molar refractivity (Wildman–Crippen MR) is 54.1 cm³/mol. The molecule has 1 aliphatic carbocycles. The summed E-state index contributed by atoms with van der Waals surface area (Å²) in [5.74, 6) is -0.217. The van der Waals surface area contributed by atoms with Crippen LogP contribution in [-0.4, -0.2) is 16.1 Å². The number of pyridine rings is 1. The van der Waals surface area contributed by atoms with Crippen LogP contribution in [0, 0.1) is 11.3 Å². The second kappa shape index (κ2) is 3.52. The molecule has 1 aliphatic rings. The first kappa shape index (κ1) is 9.94. The molecule has 0 bridgehead atoms. The van der Waals surface area contributed by atoms with Gasteiger partial charge in [-0.2, -0.15) is 5.26 Å². The summed E-state index contributed by atoms with van der Waals surface area (Å²) in [5.41, 5.74) is 0.461. The number of aromatic amines is 1. The normalized spacial score (nSPS) is 19.5. The van der Waals surface area contributed by atoms with Gasteiger partial charge in [-0.1, -0.05) is 0 Å². The highest BCUT2D eigenvalue weighted by molar-refractivity contribution is 6.34. The van der Waals surface area contributed by atoms with Crippen molar-refractivity contribution >= 4 is 17.4 Å². The van der Waals surface area contributed by atoms with E-state index in [1.165, 1.54) is 6.07 Å². The van der Waals surface area contributed by atoms with Crippen molar-refractivity contribution in [3.8, 4) is 6.07 Å². The minimum absolute atomic E-state index is 0.0483. The number of alkyl halides is 1. The van der Waals surface area contributed by atoms with Crippen molar-refractivity contribution in [1.82, 2.24) is 4.98 Å². The number of hydrogen-bond acceptors (Lipinski definition) is 3. The lowest BCUT2D eigenvalue weighted by molar-refractivity contribution is 0.0975. The van der Waals surface area contributed by atoms with Crippen molar-refractivity contribution in [2.45, 2.75) is 18.2 Å². The maximum atomic E-state index is 11.6. The molecule has 0 amide bonds. The zero-order valence-corrected chi connectivity index (χ0v) is 8.47. The van der Waals surface area contributed by atoms with Gasteiger partial charge in [0.2, 0.25) is 0 Å². The third-order valence-electron chi connectivity index (χ3n) is 2.44. The van der Waals surface area contributed by atoms with Crippen LogP contribution in [0.15, 0.2) is 10.9 Å². The van der Waals surface area contributed by atoms with Crippen LogP contribution in [0.25, 0.3) is 0 Å². The molecule has 2 rings (SSSR count). The molecular formula is C10H7ClN2O2. The third-order valence-corrected chi connectivity index (χ3v) is 2.86. The second-order valence-corrected chi connectivity index (χ2v) is 3.91. The van der Waals surface area contributed by atoms with Crippen LogP contribution in [0.2, 0.25) is 0 Å². The van der Waals surface area contributed by atoms with E-state index < -0.39 is 10.9 Å². The molecule has 0 aliphatic heterocycles. The van der Waals surface area contributed by atoms with E-state index in [0.717, 1.165) is 0 Å². The Balaban J connectivity index is 2.65. The summed E-state index contributed by atoms with van der Waals surface area (Å²) in [6, 6.07) is 3.07. The van der Waals surface area contributed by atoms with Crippen molar-refractivity contribution in [3.05, 3.63) is 33.2 Å². The standard InChI is InChI=1S/C10H7ClN2O2/c11-7-1-2-8-6(9(7)14)3-5(4-12)10(15)13-8/h3,7H,1-2H2,(H,13,15). The number of nitriles is 1. The molecule has 1 heterocycles. The number of carbonyl (C=O) groups excluding carboxylic acids is 1. The van der Waals surface area contributed by atoms with Crippen LogP contribution < -0.4 is 5.56 Å². The van der Waals surface area contributed by atoms with Crippen molar-refractivity contribution in [3.63, 3.8) is 0 Å². The lowest BCUT2D eigenvalue weighted by Gasteiger charge is -2.17. The molecule has 1 atom stereocenters. The molecule has 1 aromatic heterocycles. The van der Waals surface area contributed by atoms with Gasteiger partial charge in [-0.3, -0.25) is 9.59 Å². The molecule has 1 unspecified atom stereocenters. The Morgan fingerprint density at radius 3 is 2.93 bits per heavy atom. The topological polar surface area (TPSA) is 73.7 Å². The van der Waals surface area contributed by atoms with E-state index in [1.54, 1.807) is 6.07 Å². The maximum absolute atomic E-state index is 11.6. The number of carbonyl (C=O) groups is 1. The lowest BCUT2D eigenvalue weighted by atomic mass is 9.93. The van der Waals surface area contributed by atoms with Gasteiger partial charge in [0, 0.05) is 11.3 Å². The fourth-order valence-corrected chi connectivity index (χ4v) is 1.87. The summed E-state index contributed by atoms with van der Waals surface area (Å²) in [7, 11) is 0. The Bertz CT molecular complexity index is 527. The van der Waals surface area contributed by atoms with E-state index in [9.17, 15) is 9.59 Å². The smallest absolute Gasteiger partial charge is 0.266 e. The number of nitrogens with one attached hydrogen (secondary N) is 1. The number of H-pyrrole nitrogens is 1. The van der Waals surface area contributed by atoms with Gasteiger partial charge in [0.25, 0.3) is 5.56 Å². The highest BCUT2D eigenvalue weighted by atomic mass is 35.5. The molecule has 0 saturated carbocycles. The summed E-state index contributed by atoms with van der Waals surface area (Å²) in [6.07, 6.45) is 1.09. The minimum atomic E-state index is -0.546. The number of nitrogens with zero attached hydrogens (tertiary/aromatic N) is 1. The summed E-state index contributed by atoms with van der Waals surface area (Å²) < 4.78 is 0. The van der Waals surface area contributed by atoms with Gasteiger partial charge in [-0.15, -0.1) is 11.6 Å².